The number of nitrogens with two attached hydrogens (primary N) is 1. The number of hydrogen-bond acceptors (Lipinski definition) is 8. The van der Waals surface area contributed by atoms with Gasteiger partial charge in [-0.15, -0.1) is 0 Å². The molecule has 2 saturated heterocycles. The topological polar surface area (TPSA) is 98.2 Å². The van der Waals surface area contributed by atoms with Crippen LogP contribution in [-0.4, -0.2) is 70.4 Å². The molecule has 0 aliphatic carbocycles. The summed E-state index contributed by atoms with van der Waals surface area (Å²) in [4.78, 5) is 22.2. The average molecular weight is 444 g/mol. The summed E-state index contributed by atoms with van der Waals surface area (Å²) < 4.78 is 34.7. The molecule has 0 bridgehead atoms. The Labute approximate surface area is 184 Å². The minimum Gasteiger partial charge on any atom is -0.378 e. The zero-order chi connectivity index (χ0) is 22.1. The van der Waals surface area contributed by atoms with Crippen LogP contribution in [0.1, 0.15) is 25.1 Å². The van der Waals surface area contributed by atoms with Gasteiger partial charge in [-0.25, -0.2) is 13.8 Å². The lowest BCUT2D eigenvalue weighted by molar-refractivity contribution is 0.122. The van der Waals surface area contributed by atoms with Crippen molar-refractivity contribution in [2.45, 2.75) is 19.3 Å². The van der Waals surface area contributed by atoms with Gasteiger partial charge in [0.1, 0.15) is 0 Å². The standard InChI is InChI=1S/C21H26F2N8O/c22-17(23)18-25-15-3-1-2-4-16(15)31(18)21-27-19(29-7-5-14(13-24)6-8-29)26-20(28-21)30-9-11-32-12-10-30/h1-4,14,17H,5-13,24H2. The molecule has 5 rings (SSSR count). The Morgan fingerprint density at radius 2 is 1.53 bits per heavy atom. The smallest absolute Gasteiger partial charge is 0.296 e. The molecular formula is C21H26F2N8O. The number of anilines is 2. The first-order valence-corrected chi connectivity index (χ1v) is 10.9. The average Bonchev–Trinajstić information content (AvgIpc) is 3.24. The van der Waals surface area contributed by atoms with Gasteiger partial charge >= 0.3 is 0 Å². The number of nitrogens with zero attached hydrogens (tertiary/aromatic N) is 7. The van der Waals surface area contributed by atoms with Gasteiger partial charge in [-0.1, -0.05) is 12.1 Å². The molecule has 2 N–H and O–H groups in total. The maximum Gasteiger partial charge on any atom is 0.296 e. The molecule has 9 nitrogen and oxygen atoms in total. The zero-order valence-corrected chi connectivity index (χ0v) is 17.7. The van der Waals surface area contributed by atoms with Gasteiger partial charge in [0.05, 0.1) is 24.2 Å². The Bertz CT molecular complexity index is 1080. The van der Waals surface area contributed by atoms with Gasteiger partial charge in [0.25, 0.3) is 6.43 Å². The number of benzene rings is 1. The first-order chi connectivity index (χ1) is 15.6. The highest BCUT2D eigenvalue weighted by atomic mass is 19.3. The van der Waals surface area contributed by atoms with E-state index < -0.39 is 6.43 Å². The van der Waals surface area contributed by atoms with E-state index in [1.54, 1.807) is 24.3 Å². The molecule has 4 heterocycles. The summed E-state index contributed by atoms with van der Waals surface area (Å²) in [6.45, 7) is 4.58. The maximum absolute atomic E-state index is 13.9. The van der Waals surface area contributed by atoms with E-state index in [1.807, 2.05) is 4.90 Å². The number of alkyl halides is 2. The van der Waals surface area contributed by atoms with Gasteiger partial charge in [0.2, 0.25) is 17.8 Å². The summed E-state index contributed by atoms with van der Waals surface area (Å²) >= 11 is 0. The molecule has 2 aromatic heterocycles. The van der Waals surface area contributed by atoms with Crippen LogP contribution in [0.5, 0.6) is 0 Å². The third kappa shape index (κ3) is 3.97. The van der Waals surface area contributed by atoms with Crippen LogP contribution in [0.4, 0.5) is 20.7 Å². The Morgan fingerprint density at radius 3 is 2.19 bits per heavy atom. The lowest BCUT2D eigenvalue weighted by atomic mass is 9.97. The number of halogens is 2. The fourth-order valence-corrected chi connectivity index (χ4v) is 4.26. The Kier molecular flexibility index (Phi) is 5.83. The van der Waals surface area contributed by atoms with Crippen molar-refractivity contribution in [3.63, 3.8) is 0 Å². The second-order valence-corrected chi connectivity index (χ2v) is 8.10. The van der Waals surface area contributed by atoms with E-state index in [0.29, 0.717) is 61.7 Å². The minimum atomic E-state index is -2.77. The molecule has 2 fully saturated rings. The first-order valence-electron chi connectivity index (χ1n) is 10.9. The number of ether oxygens (including phenoxy) is 1. The van der Waals surface area contributed by atoms with E-state index in [1.165, 1.54) is 4.57 Å². The summed E-state index contributed by atoms with van der Waals surface area (Å²) in [5, 5.41) is 0. The van der Waals surface area contributed by atoms with Crippen molar-refractivity contribution in [2.75, 3.05) is 55.7 Å². The summed E-state index contributed by atoms with van der Waals surface area (Å²) in [6.07, 6.45) is -0.878. The van der Waals surface area contributed by atoms with Crippen LogP contribution in [0.25, 0.3) is 17.0 Å². The van der Waals surface area contributed by atoms with E-state index in [9.17, 15) is 8.78 Å². The van der Waals surface area contributed by atoms with Gasteiger partial charge in [-0.3, -0.25) is 4.57 Å². The lowest BCUT2D eigenvalue weighted by Crippen LogP contribution is -2.40. The van der Waals surface area contributed by atoms with Crippen molar-refractivity contribution in [1.82, 2.24) is 24.5 Å². The predicted molar refractivity (Wildman–Crippen MR) is 116 cm³/mol. The summed E-state index contributed by atoms with van der Waals surface area (Å²) in [6, 6.07) is 7.02. The second-order valence-electron chi connectivity index (χ2n) is 8.10. The molecule has 11 heteroatoms. The van der Waals surface area contributed by atoms with Crippen molar-refractivity contribution < 1.29 is 13.5 Å². The highest BCUT2D eigenvalue weighted by Gasteiger charge is 2.27. The summed E-state index contributed by atoms with van der Waals surface area (Å²) in [5.74, 6) is 1.21. The van der Waals surface area contributed by atoms with Crippen LogP contribution in [0.15, 0.2) is 24.3 Å². The van der Waals surface area contributed by atoms with E-state index in [4.69, 9.17) is 15.5 Å². The van der Waals surface area contributed by atoms with Gasteiger partial charge < -0.3 is 20.3 Å². The van der Waals surface area contributed by atoms with E-state index >= 15 is 0 Å². The van der Waals surface area contributed by atoms with Crippen LogP contribution in [-0.2, 0) is 4.74 Å². The highest BCUT2D eigenvalue weighted by molar-refractivity contribution is 5.77. The first kappa shape index (κ1) is 21.0. The largest absolute Gasteiger partial charge is 0.378 e. The molecule has 0 saturated carbocycles. The zero-order valence-electron chi connectivity index (χ0n) is 17.7. The third-order valence-electron chi connectivity index (χ3n) is 6.11. The van der Waals surface area contributed by atoms with Gasteiger partial charge in [-0.05, 0) is 37.4 Å². The van der Waals surface area contributed by atoms with Crippen molar-refractivity contribution >= 4 is 22.9 Å². The molecular weight excluding hydrogens is 418 g/mol. The SMILES string of the molecule is NCC1CCN(c2nc(N3CCOCC3)nc(-n3c(C(F)F)nc4ccccc43)n2)CC1. The van der Waals surface area contributed by atoms with Crippen molar-refractivity contribution in [1.29, 1.82) is 0 Å². The van der Waals surface area contributed by atoms with Crippen LogP contribution in [0, 0.1) is 5.92 Å². The van der Waals surface area contributed by atoms with Crippen molar-refractivity contribution in [3.8, 4) is 5.95 Å². The summed E-state index contributed by atoms with van der Waals surface area (Å²) in [7, 11) is 0. The van der Waals surface area contributed by atoms with Crippen LogP contribution < -0.4 is 15.5 Å². The molecule has 1 aromatic carbocycles. The number of rotatable bonds is 5. The highest BCUT2D eigenvalue weighted by Crippen LogP contribution is 2.29. The van der Waals surface area contributed by atoms with Crippen LogP contribution in [0.3, 0.4) is 0 Å². The number of imidazole rings is 1. The fourth-order valence-electron chi connectivity index (χ4n) is 4.26. The Morgan fingerprint density at radius 1 is 0.906 bits per heavy atom. The third-order valence-corrected chi connectivity index (χ3v) is 6.11. The molecule has 3 aromatic rings. The fraction of sp³-hybridized carbons (Fsp3) is 0.524. The van der Waals surface area contributed by atoms with Crippen LogP contribution in [0.2, 0.25) is 0 Å². The summed E-state index contributed by atoms with van der Waals surface area (Å²) in [5.41, 5.74) is 6.85. The molecule has 0 unspecified atom stereocenters. The van der Waals surface area contributed by atoms with Gasteiger partial charge in [0.15, 0.2) is 5.82 Å². The van der Waals surface area contributed by atoms with Crippen LogP contribution >= 0.6 is 0 Å². The molecule has 2 aliphatic heterocycles. The minimum absolute atomic E-state index is 0.154. The lowest BCUT2D eigenvalue weighted by Gasteiger charge is -2.32. The van der Waals surface area contributed by atoms with E-state index in [-0.39, 0.29) is 11.8 Å². The molecule has 0 radical (unpaired) electrons. The number of piperidine rings is 1. The molecule has 32 heavy (non-hydrogen) atoms. The Hall–Kier alpha value is -2.92. The molecule has 0 atom stereocenters. The number of para-hydroxylation sites is 2. The number of hydrogen-bond donors (Lipinski definition) is 1. The van der Waals surface area contributed by atoms with E-state index in [2.05, 4.69) is 19.9 Å². The van der Waals surface area contributed by atoms with Gasteiger partial charge in [0, 0.05) is 26.2 Å². The molecule has 0 amide bonds. The second kappa shape index (κ2) is 8.91. The molecule has 170 valence electrons. The van der Waals surface area contributed by atoms with Gasteiger partial charge in [-0.2, -0.15) is 15.0 Å². The number of fused-ring (bicyclic) bond motifs is 1. The van der Waals surface area contributed by atoms with E-state index in [0.717, 1.165) is 25.9 Å². The monoisotopic (exact) mass is 444 g/mol. The quantitative estimate of drug-likeness (QED) is 0.639. The number of aromatic nitrogens is 5. The predicted octanol–water partition coefficient (Wildman–Crippen LogP) is 2.16. The maximum atomic E-state index is 13.9. The van der Waals surface area contributed by atoms with Crippen molar-refractivity contribution in [2.24, 2.45) is 11.7 Å². The van der Waals surface area contributed by atoms with Crippen molar-refractivity contribution in [3.05, 3.63) is 30.1 Å². The normalized spacial score (nSPS) is 18.1. The Balaban J connectivity index is 1.62. The molecule has 0 spiro atoms. The number of morpholine rings is 1. The molecule has 2 aliphatic rings.